The molecular weight excluding hydrogens is 262 g/mol. The van der Waals surface area contributed by atoms with Crippen LogP contribution in [-0.2, 0) is 11.3 Å². The van der Waals surface area contributed by atoms with Crippen LogP contribution in [0.2, 0.25) is 0 Å². The van der Waals surface area contributed by atoms with Crippen LogP contribution in [0.25, 0.3) is 11.7 Å². The number of hydrogen-bond acceptors (Lipinski definition) is 6. The Morgan fingerprint density at radius 2 is 2.40 bits per heavy atom. The molecule has 0 spiro atoms. The van der Waals surface area contributed by atoms with Gasteiger partial charge in [0.2, 0.25) is 5.89 Å². The number of carboxylic acid groups (broad SMARTS) is 1. The molecule has 7 heteroatoms. The van der Waals surface area contributed by atoms with E-state index in [0.29, 0.717) is 37.1 Å². The zero-order valence-electron chi connectivity index (χ0n) is 11.1. The second-order valence-corrected chi connectivity index (χ2v) is 5.08. The van der Waals surface area contributed by atoms with E-state index in [1.165, 1.54) is 6.26 Å². The normalized spacial score (nSPS) is 23.2. The maximum Gasteiger partial charge on any atom is 0.323 e. The minimum absolute atomic E-state index is 0.307. The Hall–Kier alpha value is -2.15. The van der Waals surface area contributed by atoms with E-state index in [-0.39, 0.29) is 0 Å². The standard InChI is InChI=1S/C13H15N3O4/c1-13(12(17)18)5-3-6-16(13)8-10-14-15-11(20-10)9-4-2-7-19-9/h2,4,7H,3,5-6,8H2,1H3,(H,17,18). The molecule has 7 nitrogen and oxygen atoms in total. The van der Waals surface area contributed by atoms with Gasteiger partial charge in [0.1, 0.15) is 5.54 Å². The predicted octanol–water partition coefficient (Wildman–Crippen LogP) is 1.77. The molecule has 0 bridgehead atoms. The lowest BCUT2D eigenvalue weighted by Crippen LogP contribution is -2.47. The summed E-state index contributed by atoms with van der Waals surface area (Å²) in [6, 6.07) is 3.47. The predicted molar refractivity (Wildman–Crippen MR) is 67.7 cm³/mol. The molecule has 106 valence electrons. The van der Waals surface area contributed by atoms with Crippen LogP contribution >= 0.6 is 0 Å². The Morgan fingerprint density at radius 1 is 1.55 bits per heavy atom. The maximum atomic E-state index is 11.4. The van der Waals surface area contributed by atoms with Crippen LogP contribution in [0.3, 0.4) is 0 Å². The highest BCUT2D eigenvalue weighted by Gasteiger charge is 2.43. The minimum atomic E-state index is -0.862. The number of aliphatic carboxylic acids is 1. The fourth-order valence-corrected chi connectivity index (χ4v) is 2.50. The fourth-order valence-electron chi connectivity index (χ4n) is 2.50. The molecule has 1 N–H and O–H groups in total. The molecule has 1 atom stereocenters. The summed E-state index contributed by atoms with van der Waals surface area (Å²) in [5.41, 5.74) is -0.862. The summed E-state index contributed by atoms with van der Waals surface area (Å²) in [4.78, 5) is 13.2. The fraction of sp³-hybridized carbons (Fsp3) is 0.462. The van der Waals surface area contributed by atoms with Crippen LogP contribution in [0.15, 0.2) is 27.2 Å². The summed E-state index contributed by atoms with van der Waals surface area (Å²) < 4.78 is 10.7. The molecule has 1 aliphatic heterocycles. The second-order valence-electron chi connectivity index (χ2n) is 5.08. The molecule has 2 aromatic rings. The van der Waals surface area contributed by atoms with Gasteiger partial charge in [0, 0.05) is 0 Å². The molecule has 0 aliphatic carbocycles. The zero-order chi connectivity index (χ0) is 14.2. The van der Waals surface area contributed by atoms with Crippen LogP contribution in [0.1, 0.15) is 25.7 Å². The lowest BCUT2D eigenvalue weighted by atomic mass is 9.99. The quantitative estimate of drug-likeness (QED) is 0.910. The van der Waals surface area contributed by atoms with Gasteiger partial charge in [0.05, 0.1) is 12.8 Å². The van der Waals surface area contributed by atoms with Crippen molar-refractivity contribution < 1.29 is 18.7 Å². The summed E-state index contributed by atoms with van der Waals surface area (Å²) in [5, 5.41) is 17.2. The Labute approximate surface area is 115 Å². The lowest BCUT2D eigenvalue weighted by molar-refractivity contribution is -0.149. The van der Waals surface area contributed by atoms with E-state index < -0.39 is 11.5 Å². The van der Waals surface area contributed by atoms with E-state index in [0.717, 1.165) is 6.42 Å². The number of furan rings is 1. The van der Waals surface area contributed by atoms with Gasteiger partial charge in [-0.2, -0.15) is 0 Å². The first-order chi connectivity index (χ1) is 9.59. The molecule has 1 aliphatic rings. The molecule has 3 heterocycles. The monoisotopic (exact) mass is 277 g/mol. The third kappa shape index (κ3) is 2.09. The average Bonchev–Trinajstić information content (AvgIpc) is 3.12. The van der Waals surface area contributed by atoms with Gasteiger partial charge in [-0.25, -0.2) is 0 Å². The molecular formula is C13H15N3O4. The summed E-state index contributed by atoms with van der Waals surface area (Å²) in [5.74, 6) is 0.388. The van der Waals surface area contributed by atoms with Gasteiger partial charge >= 0.3 is 5.97 Å². The molecule has 2 aromatic heterocycles. The number of likely N-dealkylation sites (tertiary alicyclic amines) is 1. The zero-order valence-corrected chi connectivity index (χ0v) is 11.1. The van der Waals surface area contributed by atoms with E-state index in [2.05, 4.69) is 10.2 Å². The summed E-state index contributed by atoms with van der Waals surface area (Å²) >= 11 is 0. The van der Waals surface area contributed by atoms with Gasteiger partial charge in [0.15, 0.2) is 5.76 Å². The molecule has 1 unspecified atom stereocenters. The smallest absolute Gasteiger partial charge is 0.323 e. The van der Waals surface area contributed by atoms with Crippen molar-refractivity contribution >= 4 is 5.97 Å². The third-order valence-corrected chi connectivity index (χ3v) is 3.78. The SMILES string of the molecule is CC1(C(=O)O)CCCN1Cc1nnc(-c2ccco2)o1. The molecule has 20 heavy (non-hydrogen) atoms. The Kier molecular flexibility index (Phi) is 3.06. The van der Waals surface area contributed by atoms with Crippen molar-refractivity contribution in [3.8, 4) is 11.7 Å². The number of rotatable bonds is 4. The van der Waals surface area contributed by atoms with Crippen molar-refractivity contribution in [1.82, 2.24) is 15.1 Å². The molecule has 3 rings (SSSR count). The van der Waals surface area contributed by atoms with E-state index in [9.17, 15) is 9.90 Å². The number of nitrogens with zero attached hydrogens (tertiary/aromatic N) is 3. The van der Waals surface area contributed by atoms with E-state index >= 15 is 0 Å². The van der Waals surface area contributed by atoms with Crippen molar-refractivity contribution in [2.75, 3.05) is 6.54 Å². The first kappa shape index (κ1) is 12.9. The average molecular weight is 277 g/mol. The Balaban J connectivity index is 1.77. The van der Waals surface area contributed by atoms with E-state index in [1.54, 1.807) is 19.1 Å². The van der Waals surface area contributed by atoms with Gasteiger partial charge in [-0.05, 0) is 38.4 Å². The highest BCUT2D eigenvalue weighted by atomic mass is 16.4. The van der Waals surface area contributed by atoms with Gasteiger partial charge in [-0.1, -0.05) is 0 Å². The summed E-state index contributed by atoms with van der Waals surface area (Å²) in [7, 11) is 0. The van der Waals surface area contributed by atoms with E-state index in [1.807, 2.05) is 4.90 Å². The molecule has 0 radical (unpaired) electrons. The van der Waals surface area contributed by atoms with Crippen molar-refractivity contribution in [2.45, 2.75) is 31.8 Å². The first-order valence-electron chi connectivity index (χ1n) is 6.44. The Bertz CT molecular complexity index is 607. The number of aromatic nitrogens is 2. The first-order valence-corrected chi connectivity index (χ1v) is 6.44. The molecule has 1 fully saturated rings. The van der Waals surface area contributed by atoms with Crippen LogP contribution in [0.4, 0.5) is 0 Å². The van der Waals surface area contributed by atoms with Gasteiger partial charge < -0.3 is 13.9 Å². The van der Waals surface area contributed by atoms with Gasteiger partial charge in [-0.3, -0.25) is 9.69 Å². The Morgan fingerprint density at radius 3 is 3.10 bits per heavy atom. The van der Waals surface area contributed by atoms with Crippen molar-refractivity contribution in [3.05, 3.63) is 24.3 Å². The lowest BCUT2D eigenvalue weighted by Gasteiger charge is -2.29. The van der Waals surface area contributed by atoms with Gasteiger partial charge in [0.25, 0.3) is 5.89 Å². The molecule has 1 saturated heterocycles. The summed E-state index contributed by atoms with van der Waals surface area (Å²) in [6.07, 6.45) is 3.00. The largest absolute Gasteiger partial charge is 0.480 e. The van der Waals surface area contributed by atoms with E-state index in [4.69, 9.17) is 8.83 Å². The third-order valence-electron chi connectivity index (χ3n) is 3.78. The van der Waals surface area contributed by atoms with Crippen molar-refractivity contribution in [1.29, 1.82) is 0 Å². The van der Waals surface area contributed by atoms with Crippen molar-refractivity contribution in [3.63, 3.8) is 0 Å². The van der Waals surface area contributed by atoms with Crippen LogP contribution in [-0.4, -0.2) is 38.3 Å². The van der Waals surface area contributed by atoms with Crippen LogP contribution < -0.4 is 0 Å². The number of hydrogen-bond donors (Lipinski definition) is 1. The maximum absolute atomic E-state index is 11.4. The molecule has 0 aromatic carbocycles. The topological polar surface area (TPSA) is 92.6 Å². The minimum Gasteiger partial charge on any atom is -0.480 e. The van der Waals surface area contributed by atoms with Crippen LogP contribution in [0, 0.1) is 0 Å². The highest BCUT2D eigenvalue weighted by molar-refractivity contribution is 5.78. The summed E-state index contributed by atoms with van der Waals surface area (Å²) in [6.45, 7) is 2.77. The van der Waals surface area contributed by atoms with Gasteiger partial charge in [-0.15, -0.1) is 10.2 Å². The number of carbonyl (C=O) groups is 1. The molecule has 0 saturated carbocycles. The number of carboxylic acids is 1. The molecule has 0 amide bonds. The van der Waals surface area contributed by atoms with Crippen LogP contribution in [0.5, 0.6) is 0 Å². The van der Waals surface area contributed by atoms with Crippen molar-refractivity contribution in [2.24, 2.45) is 0 Å². The highest BCUT2D eigenvalue weighted by Crippen LogP contribution is 2.31. The second kappa shape index (κ2) is 4.75.